The molecule has 9 rings (SSSR count). The number of benzene rings is 4. The maximum Gasteiger partial charge on any atom is 0.228 e. The lowest BCUT2D eigenvalue weighted by Crippen LogP contribution is -2.21. The Kier molecular flexibility index (Phi) is 29.1. The predicted molar refractivity (Wildman–Crippen MR) is 356 cm³/mol. The Hall–Kier alpha value is -9.20. The Bertz CT molecular complexity index is 3640. The first-order chi connectivity index (χ1) is 44.3. The molecule has 1 atom stereocenters. The zero-order valence-electron chi connectivity index (χ0n) is 54.3. The molecule has 1 saturated carbocycles. The van der Waals surface area contributed by atoms with Crippen molar-refractivity contribution in [1.82, 2.24) is 39.9 Å². The molecule has 8 aromatic rings. The molecule has 16 nitrogen and oxygen atoms in total. The molecular formula is C72H86F4N12O4. The van der Waals surface area contributed by atoms with Crippen LogP contribution in [0.15, 0.2) is 122 Å². The van der Waals surface area contributed by atoms with Crippen molar-refractivity contribution in [2.75, 3.05) is 21.3 Å². The molecule has 0 spiro atoms. The largest absolute Gasteiger partial charge is 0.309 e. The van der Waals surface area contributed by atoms with Gasteiger partial charge >= 0.3 is 0 Å². The number of nitrogens with one attached hydrogen (secondary N) is 4. The lowest BCUT2D eigenvalue weighted by atomic mass is 9.87. The number of carbonyl (C=O) groups excluding carboxylic acids is 4. The Morgan fingerprint density at radius 3 is 1.03 bits per heavy atom. The van der Waals surface area contributed by atoms with Crippen molar-refractivity contribution in [1.29, 1.82) is 0 Å². The summed E-state index contributed by atoms with van der Waals surface area (Å²) in [4.78, 5) is 83.4. The van der Waals surface area contributed by atoms with Crippen LogP contribution in [-0.2, 0) is 44.9 Å². The molecule has 1 aliphatic carbocycles. The molecule has 1 unspecified atom stereocenters. The fourth-order valence-corrected chi connectivity index (χ4v) is 9.79. The van der Waals surface area contributed by atoms with E-state index in [1.807, 2.05) is 48.5 Å². The summed E-state index contributed by atoms with van der Waals surface area (Å²) in [6.07, 6.45) is 20.8. The average molecular weight is 1260 g/mol. The summed E-state index contributed by atoms with van der Waals surface area (Å²) in [6.45, 7) is 17.5. The minimum atomic E-state index is -0.287. The van der Waals surface area contributed by atoms with Crippen molar-refractivity contribution < 1.29 is 36.7 Å². The summed E-state index contributed by atoms with van der Waals surface area (Å²) in [7, 11) is 0. The number of nitrogens with zero attached hydrogens (tertiary/aromatic N) is 8. The number of aryl methyl sites for hydroxylation is 4. The Morgan fingerprint density at radius 1 is 0.435 bits per heavy atom. The molecule has 486 valence electrons. The number of amides is 4. The normalized spacial score (nSPS) is 12.2. The van der Waals surface area contributed by atoms with E-state index < -0.39 is 0 Å². The van der Waals surface area contributed by atoms with Gasteiger partial charge in [-0.2, -0.15) is 0 Å². The maximum atomic E-state index is 13.1. The maximum absolute atomic E-state index is 13.1. The zero-order valence-corrected chi connectivity index (χ0v) is 54.3. The summed E-state index contributed by atoms with van der Waals surface area (Å²) in [5.41, 5.74) is 8.97. The molecule has 4 aromatic carbocycles. The third kappa shape index (κ3) is 23.2. The van der Waals surface area contributed by atoms with Crippen molar-refractivity contribution in [3.05, 3.63) is 168 Å². The number of rotatable bonds is 22. The van der Waals surface area contributed by atoms with E-state index in [2.05, 4.69) is 68.1 Å². The van der Waals surface area contributed by atoms with Gasteiger partial charge in [0.1, 0.15) is 23.3 Å². The number of anilines is 4. The topological polar surface area (TPSA) is 220 Å². The van der Waals surface area contributed by atoms with Crippen molar-refractivity contribution in [2.24, 2.45) is 17.8 Å². The van der Waals surface area contributed by atoms with E-state index in [0.29, 0.717) is 64.8 Å². The van der Waals surface area contributed by atoms with E-state index in [1.54, 1.807) is 73.3 Å². The molecule has 20 heteroatoms. The van der Waals surface area contributed by atoms with Gasteiger partial charge in [-0.05, 0) is 154 Å². The van der Waals surface area contributed by atoms with Gasteiger partial charge in [-0.3, -0.25) is 19.2 Å². The molecule has 4 N–H and O–H groups in total. The van der Waals surface area contributed by atoms with Crippen LogP contribution in [0.2, 0.25) is 0 Å². The first kappa shape index (κ1) is 71.9. The van der Waals surface area contributed by atoms with Gasteiger partial charge in [-0.15, -0.1) is 0 Å². The van der Waals surface area contributed by atoms with Crippen molar-refractivity contribution >= 4 is 46.9 Å². The third-order valence-corrected chi connectivity index (χ3v) is 14.8. The van der Waals surface area contributed by atoms with Crippen LogP contribution in [0, 0.1) is 41.0 Å². The Morgan fingerprint density at radius 2 is 0.739 bits per heavy atom. The first-order valence-electron chi connectivity index (χ1n) is 31.9. The van der Waals surface area contributed by atoms with Crippen molar-refractivity contribution in [2.45, 2.75) is 165 Å². The van der Waals surface area contributed by atoms with Crippen LogP contribution in [0.25, 0.3) is 45.0 Å². The van der Waals surface area contributed by atoms with E-state index in [9.17, 15) is 36.7 Å². The molecule has 0 bridgehead atoms. The standard InChI is InChI=1S/C21H26FN3O.2C18H22FN3O.C15H16FN3O/c1-2-6-18-21(25-20(26)13-15-7-4-3-5-8-15)23-14-19(24-18)16-9-11-17(22)12-10-16;1-4-5-15-18(22-17(23)10-12(2)3)20-11-16(21-15)13-6-8-14(19)9-7-13;1-4-6-15-17(22-18(23)12(3)5-2)20-11-16(21-15)13-7-9-14(19)10-8-13;1-3-4-13-15(18-10(2)20)17-9-14(19-13)11-5-7-12(16)8-6-11/h9-12,14-15H,2-8,13H2,1H3,(H,23,25,26);6-9,11-12H,4-5,10H2,1-3H3,(H,20,22,23);7-12H,4-6H2,1-3H3,(H,20,22,23);5-9H,3-4H2,1-2H3,(H,17,18,20). The lowest BCUT2D eigenvalue weighted by Gasteiger charge is -2.21. The highest BCUT2D eigenvalue weighted by molar-refractivity contribution is 5.92. The van der Waals surface area contributed by atoms with Crippen LogP contribution in [-0.4, -0.2) is 63.5 Å². The summed E-state index contributed by atoms with van der Waals surface area (Å²) >= 11 is 0. The zero-order chi connectivity index (χ0) is 66.5. The van der Waals surface area contributed by atoms with Gasteiger partial charge < -0.3 is 21.3 Å². The quantitative estimate of drug-likeness (QED) is 0.0466. The van der Waals surface area contributed by atoms with E-state index in [4.69, 9.17) is 0 Å². The highest BCUT2D eigenvalue weighted by atomic mass is 19.1. The molecule has 92 heavy (non-hydrogen) atoms. The predicted octanol–water partition coefficient (Wildman–Crippen LogP) is 16.8. The minimum absolute atomic E-state index is 0.0260. The molecule has 4 amide bonds. The van der Waals surface area contributed by atoms with Crippen molar-refractivity contribution in [3.63, 3.8) is 0 Å². The second-order valence-electron chi connectivity index (χ2n) is 23.1. The van der Waals surface area contributed by atoms with Crippen LogP contribution in [0.5, 0.6) is 0 Å². The number of aromatic nitrogens is 8. The van der Waals surface area contributed by atoms with Gasteiger partial charge in [0, 0.05) is 47.9 Å². The molecule has 0 saturated heterocycles. The third-order valence-electron chi connectivity index (χ3n) is 14.8. The van der Waals surface area contributed by atoms with Gasteiger partial charge in [-0.1, -0.05) is 100 Å². The van der Waals surface area contributed by atoms with Gasteiger partial charge in [0.05, 0.1) is 70.3 Å². The monoisotopic (exact) mass is 1260 g/mol. The SMILES string of the molecule is CCCc1nc(-c2ccc(F)cc2)cnc1NC(=O)C(C)CC.CCCc1nc(-c2ccc(F)cc2)cnc1NC(=O)CC(C)C.CCCc1nc(-c2ccc(F)cc2)cnc1NC(=O)CC1CCCCC1.CCCc1nc(-c2ccc(F)cc2)cnc1NC(C)=O. The van der Waals surface area contributed by atoms with Gasteiger partial charge in [-0.25, -0.2) is 57.4 Å². The van der Waals surface area contributed by atoms with Crippen LogP contribution in [0.3, 0.4) is 0 Å². The molecule has 0 radical (unpaired) electrons. The fourth-order valence-electron chi connectivity index (χ4n) is 9.79. The van der Waals surface area contributed by atoms with Crippen LogP contribution >= 0.6 is 0 Å². The Labute approximate surface area is 538 Å². The highest BCUT2D eigenvalue weighted by Gasteiger charge is 2.21. The molecule has 0 aliphatic heterocycles. The molecule has 1 fully saturated rings. The van der Waals surface area contributed by atoms with E-state index >= 15 is 0 Å². The van der Waals surface area contributed by atoms with E-state index in [0.717, 1.165) is 116 Å². The number of carbonyl (C=O) groups is 4. The first-order valence-corrected chi connectivity index (χ1v) is 31.9. The Balaban J connectivity index is 0.000000196. The molecule has 4 heterocycles. The summed E-state index contributed by atoms with van der Waals surface area (Å²) in [6, 6.07) is 24.6. The van der Waals surface area contributed by atoms with Gasteiger partial charge in [0.25, 0.3) is 0 Å². The average Bonchev–Trinajstić information content (AvgIpc) is 0.930. The second-order valence-corrected chi connectivity index (χ2v) is 23.1. The van der Waals surface area contributed by atoms with E-state index in [1.165, 1.54) is 74.7 Å². The number of halogens is 4. The van der Waals surface area contributed by atoms with Crippen LogP contribution in [0.4, 0.5) is 40.8 Å². The van der Waals surface area contributed by atoms with Gasteiger partial charge in [0.2, 0.25) is 23.6 Å². The smallest absolute Gasteiger partial charge is 0.228 e. The second kappa shape index (κ2) is 37.2. The lowest BCUT2D eigenvalue weighted by molar-refractivity contribution is -0.119. The molecule has 1 aliphatic rings. The van der Waals surface area contributed by atoms with Gasteiger partial charge in [0.15, 0.2) is 23.3 Å². The molecular weight excluding hydrogens is 1170 g/mol. The highest BCUT2D eigenvalue weighted by Crippen LogP contribution is 2.29. The van der Waals surface area contributed by atoms with E-state index in [-0.39, 0.29) is 58.7 Å². The summed E-state index contributed by atoms with van der Waals surface area (Å²) in [5.74, 6) is 1.41. The number of hydrogen-bond donors (Lipinski definition) is 4. The molecule has 4 aromatic heterocycles. The van der Waals surface area contributed by atoms with Crippen LogP contribution in [0.1, 0.15) is 162 Å². The fraction of sp³-hybridized carbons (Fsp3) is 0.389. The minimum Gasteiger partial charge on any atom is -0.309 e. The van der Waals surface area contributed by atoms with Crippen LogP contribution < -0.4 is 21.3 Å². The summed E-state index contributed by atoms with van der Waals surface area (Å²) in [5, 5.41) is 11.3. The van der Waals surface area contributed by atoms with Crippen molar-refractivity contribution in [3.8, 4) is 45.0 Å². The summed E-state index contributed by atoms with van der Waals surface area (Å²) < 4.78 is 52.1. The number of hydrogen-bond acceptors (Lipinski definition) is 12.